The van der Waals surface area contributed by atoms with E-state index in [2.05, 4.69) is 20.5 Å². The third-order valence-corrected chi connectivity index (χ3v) is 4.69. The molecular weight excluding hydrogens is 322 g/mol. The molecule has 0 aliphatic carbocycles. The van der Waals surface area contributed by atoms with Crippen molar-refractivity contribution < 1.29 is 4.79 Å². The Morgan fingerprint density at radius 1 is 1.38 bits per heavy atom. The monoisotopic (exact) mass is 337 g/mol. The average molecular weight is 337 g/mol. The second-order valence-electron chi connectivity index (χ2n) is 5.54. The van der Waals surface area contributed by atoms with Gasteiger partial charge in [0, 0.05) is 22.5 Å². The molecule has 0 aliphatic rings. The van der Waals surface area contributed by atoms with Crippen LogP contribution >= 0.6 is 11.3 Å². The molecule has 0 saturated heterocycles. The molecule has 4 rings (SSSR count). The second-order valence-corrected chi connectivity index (χ2v) is 6.75. The average Bonchev–Trinajstić information content (AvgIpc) is 3.20. The fraction of sp³-hybridized carbons (Fsp3) is 0.118. The zero-order valence-electron chi connectivity index (χ0n) is 13.2. The Morgan fingerprint density at radius 3 is 3.12 bits per heavy atom. The molecule has 0 aliphatic heterocycles. The van der Waals surface area contributed by atoms with Gasteiger partial charge in [0.05, 0.1) is 28.8 Å². The number of aromatic amines is 1. The van der Waals surface area contributed by atoms with Gasteiger partial charge in [-0.2, -0.15) is 5.10 Å². The van der Waals surface area contributed by atoms with Crippen molar-refractivity contribution in [2.24, 2.45) is 0 Å². The lowest BCUT2D eigenvalue weighted by Gasteiger charge is -2.03. The minimum atomic E-state index is -0.196. The van der Waals surface area contributed by atoms with E-state index in [0.717, 1.165) is 27.3 Å². The molecule has 6 nitrogen and oxygen atoms in total. The van der Waals surface area contributed by atoms with Crippen molar-refractivity contribution in [3.05, 3.63) is 52.9 Å². The van der Waals surface area contributed by atoms with Crippen LogP contribution in [0.15, 0.2) is 36.7 Å². The highest BCUT2D eigenvalue weighted by Gasteiger charge is 2.09. The smallest absolute Gasteiger partial charge is 0.248 e. The van der Waals surface area contributed by atoms with E-state index in [4.69, 9.17) is 0 Å². The van der Waals surface area contributed by atoms with E-state index in [9.17, 15) is 4.79 Å². The number of carbonyl (C=O) groups is 1. The van der Waals surface area contributed by atoms with Gasteiger partial charge in [-0.3, -0.25) is 14.3 Å². The van der Waals surface area contributed by atoms with Gasteiger partial charge in [-0.15, -0.1) is 11.3 Å². The summed E-state index contributed by atoms with van der Waals surface area (Å²) in [4.78, 5) is 18.9. The number of para-hydroxylation sites is 1. The van der Waals surface area contributed by atoms with Crippen LogP contribution in [0, 0.1) is 13.8 Å². The van der Waals surface area contributed by atoms with Gasteiger partial charge < -0.3 is 5.32 Å². The van der Waals surface area contributed by atoms with Crippen LogP contribution in [0.25, 0.3) is 21.9 Å². The molecule has 24 heavy (non-hydrogen) atoms. The van der Waals surface area contributed by atoms with E-state index in [1.165, 1.54) is 11.0 Å². The molecule has 0 saturated carbocycles. The zero-order valence-corrected chi connectivity index (χ0v) is 14.0. The van der Waals surface area contributed by atoms with Gasteiger partial charge in [0.1, 0.15) is 0 Å². The maximum atomic E-state index is 12.3. The van der Waals surface area contributed by atoms with Crippen LogP contribution in [-0.2, 0) is 4.79 Å². The molecule has 7 heteroatoms. The SMILES string of the molecule is Cc1cn2c(/C=C/C(=O)Nc3cccc4cn[nH]c34)c(C)nc2s1. The summed E-state index contributed by atoms with van der Waals surface area (Å²) >= 11 is 1.63. The number of carbonyl (C=O) groups excluding carboxylic acids is 1. The van der Waals surface area contributed by atoms with Gasteiger partial charge >= 0.3 is 0 Å². The number of aryl methyl sites for hydroxylation is 2. The van der Waals surface area contributed by atoms with Crippen LogP contribution in [0.1, 0.15) is 16.3 Å². The highest BCUT2D eigenvalue weighted by molar-refractivity contribution is 7.17. The molecule has 3 aromatic heterocycles. The molecule has 120 valence electrons. The lowest BCUT2D eigenvalue weighted by molar-refractivity contribution is -0.111. The van der Waals surface area contributed by atoms with Crippen molar-refractivity contribution >= 4 is 44.9 Å². The summed E-state index contributed by atoms with van der Waals surface area (Å²) in [5, 5.41) is 10.7. The first-order valence-corrected chi connectivity index (χ1v) is 8.30. The van der Waals surface area contributed by atoms with Crippen molar-refractivity contribution in [1.82, 2.24) is 19.6 Å². The number of anilines is 1. The fourth-order valence-electron chi connectivity index (χ4n) is 2.68. The number of nitrogens with one attached hydrogen (secondary N) is 2. The Labute approximate surface area is 141 Å². The van der Waals surface area contributed by atoms with Crippen molar-refractivity contribution in [2.75, 3.05) is 5.32 Å². The van der Waals surface area contributed by atoms with Crippen LogP contribution in [0.3, 0.4) is 0 Å². The quantitative estimate of drug-likeness (QED) is 0.562. The molecule has 0 bridgehead atoms. The minimum Gasteiger partial charge on any atom is -0.321 e. The third-order valence-electron chi connectivity index (χ3n) is 3.79. The first kappa shape index (κ1) is 14.6. The van der Waals surface area contributed by atoms with Gasteiger partial charge in [0.25, 0.3) is 0 Å². The maximum absolute atomic E-state index is 12.3. The summed E-state index contributed by atoms with van der Waals surface area (Å²) in [6.45, 7) is 3.98. The Hall–Kier alpha value is -2.93. The van der Waals surface area contributed by atoms with Crippen molar-refractivity contribution in [2.45, 2.75) is 13.8 Å². The van der Waals surface area contributed by atoms with E-state index in [-0.39, 0.29) is 5.91 Å². The number of thiazole rings is 1. The van der Waals surface area contributed by atoms with E-state index in [1.807, 2.05) is 42.6 Å². The number of fused-ring (bicyclic) bond motifs is 2. The minimum absolute atomic E-state index is 0.196. The summed E-state index contributed by atoms with van der Waals surface area (Å²) in [6, 6.07) is 5.67. The van der Waals surface area contributed by atoms with Crippen LogP contribution in [0.2, 0.25) is 0 Å². The lowest BCUT2D eigenvalue weighted by Crippen LogP contribution is -2.08. The van der Waals surface area contributed by atoms with E-state index >= 15 is 0 Å². The number of benzene rings is 1. The number of imidazole rings is 1. The van der Waals surface area contributed by atoms with Gasteiger partial charge in [-0.1, -0.05) is 12.1 Å². The first-order chi connectivity index (χ1) is 11.6. The summed E-state index contributed by atoms with van der Waals surface area (Å²) in [6.07, 6.45) is 7.08. The number of rotatable bonds is 3. The number of hydrogen-bond acceptors (Lipinski definition) is 4. The summed E-state index contributed by atoms with van der Waals surface area (Å²) in [5.41, 5.74) is 3.35. The normalized spacial score (nSPS) is 11.8. The fourth-order valence-corrected chi connectivity index (χ4v) is 3.56. The molecule has 4 aromatic rings. The Kier molecular flexibility index (Phi) is 3.42. The van der Waals surface area contributed by atoms with Gasteiger partial charge in [0.2, 0.25) is 5.91 Å². The van der Waals surface area contributed by atoms with Gasteiger partial charge in [-0.05, 0) is 26.0 Å². The Bertz CT molecular complexity index is 1090. The standard InChI is InChI=1S/C17H15N5OS/c1-10-9-22-14(11(2)19-17(22)24-10)6-7-15(23)20-13-5-3-4-12-8-18-21-16(12)13/h3-9H,1-2H3,(H,18,21)(H,20,23)/b7-6+. The molecule has 0 unspecified atom stereocenters. The highest BCUT2D eigenvalue weighted by atomic mass is 32.1. The molecule has 1 aromatic carbocycles. The summed E-state index contributed by atoms with van der Waals surface area (Å²) < 4.78 is 2.01. The van der Waals surface area contributed by atoms with E-state index in [0.29, 0.717) is 5.69 Å². The largest absolute Gasteiger partial charge is 0.321 e. The lowest BCUT2D eigenvalue weighted by atomic mass is 10.2. The van der Waals surface area contributed by atoms with Crippen LogP contribution in [0.5, 0.6) is 0 Å². The van der Waals surface area contributed by atoms with Crippen molar-refractivity contribution in [3.63, 3.8) is 0 Å². The van der Waals surface area contributed by atoms with Crippen molar-refractivity contribution in [1.29, 1.82) is 0 Å². The van der Waals surface area contributed by atoms with Gasteiger partial charge in [-0.25, -0.2) is 4.98 Å². The van der Waals surface area contributed by atoms with Crippen LogP contribution in [0.4, 0.5) is 5.69 Å². The molecular formula is C17H15N5OS. The third kappa shape index (κ3) is 2.48. The topological polar surface area (TPSA) is 75.1 Å². The van der Waals surface area contributed by atoms with Crippen LogP contribution in [-0.4, -0.2) is 25.5 Å². The maximum Gasteiger partial charge on any atom is 0.248 e. The number of aromatic nitrogens is 4. The number of nitrogens with zero attached hydrogens (tertiary/aromatic N) is 3. The highest BCUT2D eigenvalue weighted by Crippen LogP contribution is 2.22. The molecule has 2 N–H and O–H groups in total. The van der Waals surface area contributed by atoms with E-state index < -0.39 is 0 Å². The second kappa shape index (κ2) is 5.61. The van der Waals surface area contributed by atoms with Crippen LogP contribution < -0.4 is 5.32 Å². The first-order valence-electron chi connectivity index (χ1n) is 7.48. The molecule has 0 spiro atoms. The Balaban J connectivity index is 1.60. The molecule has 0 radical (unpaired) electrons. The molecule has 1 amide bonds. The summed E-state index contributed by atoms with van der Waals surface area (Å²) in [7, 11) is 0. The Morgan fingerprint density at radius 2 is 2.25 bits per heavy atom. The predicted molar refractivity (Wildman–Crippen MR) is 96.3 cm³/mol. The predicted octanol–water partition coefficient (Wildman–Crippen LogP) is 3.54. The molecule has 0 fully saturated rings. The van der Waals surface area contributed by atoms with E-state index in [1.54, 1.807) is 23.6 Å². The summed E-state index contributed by atoms with van der Waals surface area (Å²) in [5.74, 6) is -0.196. The number of amides is 1. The number of H-pyrrole nitrogens is 1. The molecule has 0 atom stereocenters. The van der Waals surface area contributed by atoms with Gasteiger partial charge in [0.15, 0.2) is 4.96 Å². The zero-order chi connectivity index (χ0) is 16.7. The van der Waals surface area contributed by atoms with Crippen molar-refractivity contribution in [3.8, 4) is 0 Å². The molecule has 3 heterocycles. The number of hydrogen-bond donors (Lipinski definition) is 2.